The highest BCUT2D eigenvalue weighted by atomic mass is 19.1. The van der Waals surface area contributed by atoms with Crippen LogP contribution in [0.4, 0.5) is 4.39 Å². The molecule has 3 aromatic rings. The molecule has 1 heterocycles. The Labute approximate surface area is 119 Å². The number of aromatic nitrogens is 2. The number of phenolic OH excluding ortho intramolecular Hbond substituents is 1. The van der Waals surface area contributed by atoms with Crippen molar-refractivity contribution < 1.29 is 19.0 Å². The number of carbonyl (C=O) groups is 1. The van der Waals surface area contributed by atoms with Crippen LogP contribution in [-0.4, -0.2) is 21.4 Å². The molecule has 6 heteroatoms. The summed E-state index contributed by atoms with van der Waals surface area (Å²) in [5, 5.41) is 9.68. The second-order valence-corrected chi connectivity index (χ2v) is 4.45. The van der Waals surface area contributed by atoms with E-state index in [2.05, 4.69) is 9.97 Å². The number of phenols is 1. The standard InChI is InChI=1S/C15H11FN2O3/c16-10-6-14(13(20)5-9(10)7-19)21-8-15-17-11-3-1-2-4-12(11)18-15/h1-7,20H,8H2,(H,17,18). The number of ether oxygens (including phenoxy) is 1. The van der Waals surface area contributed by atoms with Gasteiger partial charge < -0.3 is 14.8 Å². The number of H-pyrrole nitrogens is 1. The molecule has 1 aromatic heterocycles. The maximum Gasteiger partial charge on any atom is 0.164 e. The minimum absolute atomic E-state index is 0.0430. The molecule has 0 saturated heterocycles. The summed E-state index contributed by atoms with van der Waals surface area (Å²) in [6.07, 6.45) is 0.331. The van der Waals surface area contributed by atoms with Gasteiger partial charge >= 0.3 is 0 Å². The van der Waals surface area contributed by atoms with Crippen molar-refractivity contribution in [3.05, 3.63) is 53.6 Å². The quantitative estimate of drug-likeness (QED) is 0.723. The number of aromatic amines is 1. The molecule has 0 atom stereocenters. The highest BCUT2D eigenvalue weighted by Gasteiger charge is 2.11. The summed E-state index contributed by atoms with van der Waals surface area (Å²) in [5.41, 5.74) is 1.44. The molecule has 0 unspecified atom stereocenters. The second-order valence-electron chi connectivity index (χ2n) is 4.45. The van der Waals surface area contributed by atoms with Crippen LogP contribution in [0.5, 0.6) is 11.5 Å². The number of hydrogen-bond donors (Lipinski definition) is 2. The number of para-hydroxylation sites is 2. The Morgan fingerprint density at radius 2 is 2.14 bits per heavy atom. The minimum atomic E-state index is -0.748. The van der Waals surface area contributed by atoms with Crippen LogP contribution in [-0.2, 0) is 6.61 Å². The molecule has 0 aliphatic rings. The van der Waals surface area contributed by atoms with Crippen molar-refractivity contribution in [1.82, 2.24) is 9.97 Å². The Balaban J connectivity index is 1.81. The number of fused-ring (bicyclic) bond motifs is 1. The number of hydrogen-bond acceptors (Lipinski definition) is 4. The van der Waals surface area contributed by atoms with Crippen molar-refractivity contribution in [3.63, 3.8) is 0 Å². The number of nitrogens with zero attached hydrogens (tertiary/aromatic N) is 1. The number of nitrogens with one attached hydrogen (secondary N) is 1. The molecule has 2 aromatic carbocycles. The van der Waals surface area contributed by atoms with E-state index in [9.17, 15) is 14.3 Å². The summed E-state index contributed by atoms with van der Waals surface area (Å²) in [5.74, 6) is -0.536. The normalized spacial score (nSPS) is 10.7. The van der Waals surface area contributed by atoms with E-state index in [0.717, 1.165) is 23.2 Å². The first-order valence-electron chi connectivity index (χ1n) is 6.21. The van der Waals surface area contributed by atoms with E-state index >= 15 is 0 Å². The molecule has 0 spiro atoms. The van der Waals surface area contributed by atoms with Gasteiger partial charge in [0, 0.05) is 6.07 Å². The lowest BCUT2D eigenvalue weighted by Gasteiger charge is -2.07. The Kier molecular flexibility index (Phi) is 3.27. The lowest BCUT2D eigenvalue weighted by molar-refractivity contribution is 0.111. The lowest BCUT2D eigenvalue weighted by Crippen LogP contribution is -1.99. The van der Waals surface area contributed by atoms with Crippen LogP contribution in [0.25, 0.3) is 11.0 Å². The van der Waals surface area contributed by atoms with Crippen LogP contribution in [0, 0.1) is 5.82 Å². The molecule has 0 aliphatic heterocycles. The molecule has 0 amide bonds. The average Bonchev–Trinajstić information content (AvgIpc) is 2.90. The summed E-state index contributed by atoms with van der Waals surface area (Å²) in [4.78, 5) is 17.9. The molecule has 0 bridgehead atoms. The molecule has 106 valence electrons. The SMILES string of the molecule is O=Cc1cc(O)c(OCc2nc3ccccc3[nH]2)cc1F. The van der Waals surface area contributed by atoms with E-state index in [0.29, 0.717) is 12.1 Å². The summed E-state index contributed by atoms with van der Waals surface area (Å²) >= 11 is 0. The number of imidazole rings is 1. The number of benzene rings is 2. The average molecular weight is 286 g/mol. The van der Waals surface area contributed by atoms with Gasteiger partial charge in [-0.1, -0.05) is 12.1 Å². The van der Waals surface area contributed by atoms with Gasteiger partial charge in [-0.15, -0.1) is 0 Å². The van der Waals surface area contributed by atoms with Crippen LogP contribution >= 0.6 is 0 Å². The molecule has 2 N–H and O–H groups in total. The van der Waals surface area contributed by atoms with Gasteiger partial charge in [0.1, 0.15) is 18.2 Å². The third-order valence-electron chi connectivity index (χ3n) is 3.01. The monoisotopic (exact) mass is 286 g/mol. The predicted octanol–water partition coefficient (Wildman–Crippen LogP) is 2.80. The van der Waals surface area contributed by atoms with E-state index in [1.807, 2.05) is 24.3 Å². The highest BCUT2D eigenvalue weighted by molar-refractivity contribution is 5.77. The molecular weight excluding hydrogens is 275 g/mol. The van der Waals surface area contributed by atoms with Crippen LogP contribution in [0.15, 0.2) is 36.4 Å². The van der Waals surface area contributed by atoms with Gasteiger partial charge in [0.15, 0.2) is 17.8 Å². The van der Waals surface area contributed by atoms with Crippen molar-refractivity contribution in [2.24, 2.45) is 0 Å². The van der Waals surface area contributed by atoms with Gasteiger partial charge in [-0.25, -0.2) is 9.37 Å². The molecule has 5 nitrogen and oxygen atoms in total. The summed E-state index contributed by atoms with van der Waals surface area (Å²) in [7, 11) is 0. The van der Waals surface area contributed by atoms with Gasteiger partial charge in [-0.2, -0.15) is 0 Å². The van der Waals surface area contributed by atoms with Gasteiger partial charge in [0.05, 0.1) is 16.6 Å². The maximum atomic E-state index is 13.5. The van der Waals surface area contributed by atoms with Gasteiger partial charge in [-0.3, -0.25) is 4.79 Å². The number of aldehydes is 1. The molecule has 0 radical (unpaired) electrons. The Hall–Kier alpha value is -2.89. The molecule has 3 rings (SSSR count). The third-order valence-corrected chi connectivity index (χ3v) is 3.01. The Morgan fingerprint density at radius 3 is 2.90 bits per heavy atom. The van der Waals surface area contributed by atoms with Crippen molar-refractivity contribution in [1.29, 1.82) is 0 Å². The summed E-state index contributed by atoms with van der Waals surface area (Å²) in [6, 6.07) is 9.48. The third kappa shape index (κ3) is 2.55. The zero-order valence-corrected chi connectivity index (χ0v) is 10.8. The first-order chi connectivity index (χ1) is 10.2. The molecule has 21 heavy (non-hydrogen) atoms. The zero-order valence-electron chi connectivity index (χ0n) is 10.8. The predicted molar refractivity (Wildman–Crippen MR) is 73.9 cm³/mol. The topological polar surface area (TPSA) is 75.2 Å². The summed E-state index contributed by atoms with van der Waals surface area (Å²) < 4.78 is 18.8. The van der Waals surface area contributed by atoms with Crippen molar-refractivity contribution >= 4 is 17.3 Å². The maximum absolute atomic E-state index is 13.5. The first kappa shape index (κ1) is 13.1. The fourth-order valence-corrected chi connectivity index (χ4v) is 1.99. The van der Waals surface area contributed by atoms with Crippen LogP contribution in [0.2, 0.25) is 0 Å². The van der Waals surface area contributed by atoms with Gasteiger partial charge in [0.25, 0.3) is 0 Å². The molecule has 0 saturated carbocycles. The molecule has 0 fully saturated rings. The van der Waals surface area contributed by atoms with E-state index < -0.39 is 5.82 Å². The number of halogens is 1. The minimum Gasteiger partial charge on any atom is -0.504 e. The van der Waals surface area contributed by atoms with E-state index in [-0.39, 0.29) is 23.7 Å². The summed E-state index contributed by atoms with van der Waals surface area (Å²) in [6.45, 7) is 0.0438. The fraction of sp³-hybridized carbons (Fsp3) is 0.0667. The first-order valence-corrected chi connectivity index (χ1v) is 6.21. The van der Waals surface area contributed by atoms with Crippen LogP contribution < -0.4 is 4.74 Å². The largest absolute Gasteiger partial charge is 0.504 e. The van der Waals surface area contributed by atoms with Gasteiger partial charge in [0.2, 0.25) is 0 Å². The smallest absolute Gasteiger partial charge is 0.164 e. The Morgan fingerprint density at radius 1 is 1.33 bits per heavy atom. The molecular formula is C15H11FN2O3. The van der Waals surface area contributed by atoms with Gasteiger partial charge in [-0.05, 0) is 18.2 Å². The van der Waals surface area contributed by atoms with Crippen molar-refractivity contribution in [3.8, 4) is 11.5 Å². The lowest BCUT2D eigenvalue weighted by atomic mass is 10.2. The van der Waals surface area contributed by atoms with Crippen molar-refractivity contribution in [2.75, 3.05) is 0 Å². The van der Waals surface area contributed by atoms with Crippen LogP contribution in [0.1, 0.15) is 16.2 Å². The number of rotatable bonds is 4. The number of aromatic hydroxyl groups is 1. The van der Waals surface area contributed by atoms with Crippen LogP contribution in [0.3, 0.4) is 0 Å². The van der Waals surface area contributed by atoms with E-state index in [1.165, 1.54) is 0 Å². The van der Waals surface area contributed by atoms with E-state index in [1.54, 1.807) is 0 Å². The fourth-order valence-electron chi connectivity index (χ4n) is 1.99. The Bertz CT molecular complexity index is 781. The van der Waals surface area contributed by atoms with E-state index in [4.69, 9.17) is 4.74 Å². The zero-order chi connectivity index (χ0) is 14.8. The number of carbonyl (C=O) groups excluding carboxylic acids is 1. The highest BCUT2D eigenvalue weighted by Crippen LogP contribution is 2.29. The molecule has 0 aliphatic carbocycles. The van der Waals surface area contributed by atoms with Crippen molar-refractivity contribution in [2.45, 2.75) is 6.61 Å². The second kappa shape index (κ2) is 5.24.